The van der Waals surface area contributed by atoms with Crippen LogP contribution in [-0.4, -0.2) is 32.6 Å². The molecule has 1 aromatic heterocycles. The average molecular weight is 412 g/mol. The third-order valence-electron chi connectivity index (χ3n) is 4.45. The van der Waals surface area contributed by atoms with Crippen molar-refractivity contribution in [3.63, 3.8) is 0 Å². The molecule has 8 heteroatoms. The molecule has 1 atom stereocenters. The topological polar surface area (TPSA) is 88.9 Å². The predicted octanol–water partition coefficient (Wildman–Crippen LogP) is 3.53. The van der Waals surface area contributed by atoms with Crippen LogP contribution in [0, 0.1) is 5.92 Å². The second kappa shape index (κ2) is 8.87. The van der Waals surface area contributed by atoms with E-state index in [1.54, 1.807) is 41.2 Å². The molecule has 0 saturated heterocycles. The maximum atomic E-state index is 12.9. The Morgan fingerprint density at radius 2 is 1.86 bits per heavy atom. The molecule has 0 saturated carbocycles. The van der Waals surface area contributed by atoms with Crippen molar-refractivity contribution in [2.45, 2.75) is 19.9 Å². The summed E-state index contributed by atoms with van der Waals surface area (Å²) in [5.74, 6) is -0.135. The summed E-state index contributed by atoms with van der Waals surface area (Å²) in [7, 11) is 1.85. The molecule has 0 bridgehead atoms. The monoisotopic (exact) mass is 411 g/mol. The van der Waals surface area contributed by atoms with Gasteiger partial charge in [0.15, 0.2) is 5.82 Å². The molecule has 0 unspecified atom stereocenters. The molecule has 2 aromatic carbocycles. The van der Waals surface area contributed by atoms with Crippen LogP contribution in [0.4, 0.5) is 5.69 Å². The predicted molar refractivity (Wildman–Crippen MR) is 113 cm³/mol. The van der Waals surface area contributed by atoms with Crippen LogP contribution in [0.3, 0.4) is 0 Å². The number of benzene rings is 2. The number of aryl methyl sites for hydroxylation is 1. The highest BCUT2D eigenvalue weighted by Crippen LogP contribution is 2.21. The zero-order valence-electron chi connectivity index (χ0n) is 16.4. The highest BCUT2D eigenvalue weighted by Gasteiger charge is 2.25. The van der Waals surface area contributed by atoms with Crippen LogP contribution in [-0.2, 0) is 11.8 Å². The minimum Gasteiger partial charge on any atom is -0.340 e. The van der Waals surface area contributed by atoms with Crippen molar-refractivity contribution in [1.29, 1.82) is 0 Å². The maximum Gasteiger partial charge on any atom is 0.253 e. The molecule has 2 N–H and O–H groups in total. The number of hydrogen-bond donors (Lipinski definition) is 2. The lowest BCUT2D eigenvalue weighted by Gasteiger charge is -2.22. The molecule has 3 rings (SSSR count). The normalized spacial score (nSPS) is 11.9. The Hall–Kier alpha value is -3.19. The molecule has 0 aliphatic carbocycles. The number of carbonyl (C=O) groups excluding carboxylic acids is 2. The van der Waals surface area contributed by atoms with Crippen molar-refractivity contribution in [3.8, 4) is 11.4 Å². The van der Waals surface area contributed by atoms with Crippen molar-refractivity contribution >= 4 is 29.1 Å². The standard InChI is InChI=1S/C21H22ClN5O2/c1-13(2)18(25-20(28)16-9-4-5-10-17(16)22)21(29)24-15-8-6-7-14(11-15)19-26-23-12-27(19)3/h4-13,18H,1-3H3,(H,24,29)(H,25,28)/t18-/m0/s1. The van der Waals surface area contributed by atoms with Crippen LogP contribution in [0.5, 0.6) is 0 Å². The highest BCUT2D eigenvalue weighted by molar-refractivity contribution is 6.33. The van der Waals surface area contributed by atoms with E-state index in [0.29, 0.717) is 22.1 Å². The van der Waals surface area contributed by atoms with E-state index in [2.05, 4.69) is 20.8 Å². The molecule has 3 aromatic rings. The third-order valence-corrected chi connectivity index (χ3v) is 4.78. The van der Waals surface area contributed by atoms with Gasteiger partial charge < -0.3 is 15.2 Å². The summed E-state index contributed by atoms with van der Waals surface area (Å²) in [5.41, 5.74) is 1.76. The molecule has 0 spiro atoms. The summed E-state index contributed by atoms with van der Waals surface area (Å²) in [6.07, 6.45) is 1.61. The molecule has 0 fully saturated rings. The van der Waals surface area contributed by atoms with Gasteiger partial charge in [0.2, 0.25) is 5.91 Å². The van der Waals surface area contributed by atoms with Crippen LogP contribution in [0.1, 0.15) is 24.2 Å². The first kappa shape index (κ1) is 20.5. The Morgan fingerprint density at radius 3 is 2.52 bits per heavy atom. The van der Waals surface area contributed by atoms with Crippen molar-refractivity contribution in [3.05, 3.63) is 65.4 Å². The molecule has 0 aliphatic heterocycles. The largest absolute Gasteiger partial charge is 0.340 e. The van der Waals surface area contributed by atoms with E-state index in [1.807, 2.05) is 39.1 Å². The zero-order chi connectivity index (χ0) is 21.0. The van der Waals surface area contributed by atoms with Gasteiger partial charge in [-0.15, -0.1) is 10.2 Å². The van der Waals surface area contributed by atoms with Gasteiger partial charge in [-0.05, 0) is 30.2 Å². The second-order valence-corrected chi connectivity index (χ2v) is 7.42. The number of hydrogen-bond acceptors (Lipinski definition) is 4. The molecule has 1 heterocycles. The number of nitrogens with zero attached hydrogens (tertiary/aromatic N) is 3. The molecule has 0 aliphatic rings. The van der Waals surface area contributed by atoms with Crippen LogP contribution in [0.25, 0.3) is 11.4 Å². The summed E-state index contributed by atoms with van der Waals surface area (Å²) in [6.45, 7) is 3.74. The molecule has 7 nitrogen and oxygen atoms in total. The fraction of sp³-hybridized carbons (Fsp3) is 0.238. The number of halogens is 1. The zero-order valence-corrected chi connectivity index (χ0v) is 17.1. The van der Waals surface area contributed by atoms with E-state index in [4.69, 9.17) is 11.6 Å². The molecule has 150 valence electrons. The molecular weight excluding hydrogens is 390 g/mol. The molecule has 29 heavy (non-hydrogen) atoms. The van der Waals surface area contributed by atoms with E-state index >= 15 is 0 Å². The lowest BCUT2D eigenvalue weighted by Crippen LogP contribution is -2.47. The summed E-state index contributed by atoms with van der Waals surface area (Å²) in [6, 6.07) is 13.3. The van der Waals surface area contributed by atoms with Gasteiger partial charge in [0.25, 0.3) is 5.91 Å². The first-order valence-corrected chi connectivity index (χ1v) is 9.55. The smallest absolute Gasteiger partial charge is 0.253 e. The highest BCUT2D eigenvalue weighted by atomic mass is 35.5. The van der Waals surface area contributed by atoms with E-state index in [-0.39, 0.29) is 11.8 Å². The van der Waals surface area contributed by atoms with Crippen molar-refractivity contribution in [1.82, 2.24) is 20.1 Å². The second-order valence-electron chi connectivity index (χ2n) is 7.01. The average Bonchev–Trinajstić information content (AvgIpc) is 3.12. The third kappa shape index (κ3) is 4.81. The fourth-order valence-corrected chi connectivity index (χ4v) is 3.12. The number of amides is 2. The van der Waals surface area contributed by atoms with Gasteiger partial charge >= 0.3 is 0 Å². The SMILES string of the molecule is CC(C)[C@H](NC(=O)c1ccccc1Cl)C(=O)Nc1cccc(-c2nncn2C)c1. The van der Waals surface area contributed by atoms with Gasteiger partial charge in [0.05, 0.1) is 10.6 Å². The van der Waals surface area contributed by atoms with E-state index in [1.165, 1.54) is 0 Å². The lowest BCUT2D eigenvalue weighted by atomic mass is 10.0. The quantitative estimate of drug-likeness (QED) is 0.649. The maximum absolute atomic E-state index is 12.9. The molecule has 2 amide bonds. The summed E-state index contributed by atoms with van der Waals surface area (Å²) in [5, 5.41) is 14.0. The van der Waals surface area contributed by atoms with Gasteiger partial charge in [-0.25, -0.2) is 0 Å². The Kier molecular flexibility index (Phi) is 6.29. The Bertz CT molecular complexity index is 1030. The summed E-state index contributed by atoms with van der Waals surface area (Å²) >= 11 is 6.10. The lowest BCUT2D eigenvalue weighted by molar-refractivity contribution is -0.118. The van der Waals surface area contributed by atoms with Crippen LogP contribution >= 0.6 is 11.6 Å². The van der Waals surface area contributed by atoms with Gasteiger partial charge in [-0.2, -0.15) is 0 Å². The van der Waals surface area contributed by atoms with Gasteiger partial charge in [0, 0.05) is 18.3 Å². The Morgan fingerprint density at radius 1 is 1.10 bits per heavy atom. The van der Waals surface area contributed by atoms with Crippen LogP contribution < -0.4 is 10.6 Å². The van der Waals surface area contributed by atoms with Crippen LogP contribution in [0.15, 0.2) is 54.9 Å². The number of nitrogens with one attached hydrogen (secondary N) is 2. The Balaban J connectivity index is 1.76. The van der Waals surface area contributed by atoms with E-state index in [0.717, 1.165) is 5.56 Å². The minimum absolute atomic E-state index is 0.122. The minimum atomic E-state index is -0.725. The number of anilines is 1. The first-order valence-electron chi connectivity index (χ1n) is 9.17. The first-order chi connectivity index (χ1) is 13.9. The number of aromatic nitrogens is 3. The van der Waals surface area contributed by atoms with Crippen molar-refractivity contribution in [2.75, 3.05) is 5.32 Å². The summed E-state index contributed by atoms with van der Waals surface area (Å²) in [4.78, 5) is 25.5. The van der Waals surface area contributed by atoms with Gasteiger partial charge in [-0.3, -0.25) is 9.59 Å². The Labute approximate surface area is 174 Å². The van der Waals surface area contributed by atoms with E-state index < -0.39 is 11.9 Å². The number of carbonyl (C=O) groups is 2. The fourth-order valence-electron chi connectivity index (χ4n) is 2.90. The number of rotatable bonds is 6. The summed E-state index contributed by atoms with van der Waals surface area (Å²) < 4.78 is 1.79. The van der Waals surface area contributed by atoms with Crippen molar-refractivity contribution in [2.24, 2.45) is 13.0 Å². The van der Waals surface area contributed by atoms with E-state index in [9.17, 15) is 9.59 Å². The molecular formula is C21H22ClN5O2. The van der Waals surface area contributed by atoms with Gasteiger partial charge in [0.1, 0.15) is 12.4 Å². The van der Waals surface area contributed by atoms with Gasteiger partial charge in [-0.1, -0.05) is 49.7 Å². The van der Waals surface area contributed by atoms with Crippen LogP contribution in [0.2, 0.25) is 5.02 Å². The van der Waals surface area contributed by atoms with Crippen molar-refractivity contribution < 1.29 is 9.59 Å². The molecule has 0 radical (unpaired) electrons.